The first-order chi connectivity index (χ1) is 9.93. The molecule has 0 amide bonds. The summed E-state index contributed by atoms with van der Waals surface area (Å²) in [5.41, 5.74) is 1.44. The summed E-state index contributed by atoms with van der Waals surface area (Å²) in [6.07, 6.45) is 10.1. The van der Waals surface area contributed by atoms with E-state index in [1.54, 1.807) is 0 Å². The van der Waals surface area contributed by atoms with E-state index in [0.29, 0.717) is 6.04 Å². The number of nitrogens with zero attached hydrogens (tertiary/aromatic N) is 2. The van der Waals surface area contributed by atoms with E-state index in [1.165, 1.54) is 50.8 Å². The molecule has 0 saturated carbocycles. The minimum atomic E-state index is 0.495. The largest absolute Gasteiger partial charge is 0.347 e. The van der Waals surface area contributed by atoms with E-state index in [-0.39, 0.29) is 0 Å². The Kier molecular flexibility index (Phi) is 4.49. The Bertz CT molecular complexity index is 492. The topological polar surface area (TPSA) is 31.9 Å². The van der Waals surface area contributed by atoms with Crippen molar-refractivity contribution in [3.63, 3.8) is 0 Å². The number of aromatic nitrogens is 2. The molecule has 2 heterocycles. The number of hydrogen-bond donors (Lipinski definition) is 1. The van der Waals surface area contributed by atoms with Crippen molar-refractivity contribution in [2.75, 3.05) is 13.1 Å². The van der Waals surface area contributed by atoms with Crippen molar-refractivity contribution in [2.45, 2.75) is 38.1 Å². The number of benzene rings is 1. The van der Waals surface area contributed by atoms with Gasteiger partial charge in [-0.3, -0.25) is 4.90 Å². The van der Waals surface area contributed by atoms with Crippen molar-refractivity contribution in [1.29, 1.82) is 0 Å². The lowest BCUT2D eigenvalue weighted by molar-refractivity contribution is 0.141. The maximum atomic E-state index is 4.46. The molecule has 1 aliphatic rings. The van der Waals surface area contributed by atoms with Gasteiger partial charge in [-0.15, -0.1) is 0 Å². The smallest absolute Gasteiger partial charge is 0.123 e. The zero-order valence-electron chi connectivity index (χ0n) is 12.0. The predicted molar refractivity (Wildman–Crippen MR) is 81.5 cm³/mol. The first-order valence-corrected chi connectivity index (χ1v) is 7.71. The van der Waals surface area contributed by atoms with Gasteiger partial charge in [0.1, 0.15) is 5.82 Å². The average molecular weight is 269 g/mol. The van der Waals surface area contributed by atoms with Crippen LogP contribution < -0.4 is 0 Å². The van der Waals surface area contributed by atoms with Gasteiger partial charge in [-0.05, 0) is 44.3 Å². The number of nitrogens with one attached hydrogen (secondary N) is 1. The normalized spacial score (nSPS) is 20.1. The van der Waals surface area contributed by atoms with Crippen molar-refractivity contribution in [2.24, 2.45) is 0 Å². The first kappa shape index (κ1) is 13.4. The number of H-pyrrole nitrogens is 1. The highest BCUT2D eigenvalue weighted by Crippen LogP contribution is 2.28. The molecule has 0 aliphatic carbocycles. The van der Waals surface area contributed by atoms with E-state index in [1.807, 2.05) is 12.4 Å². The first-order valence-electron chi connectivity index (χ1n) is 7.71. The van der Waals surface area contributed by atoms with Crippen LogP contribution in [-0.2, 0) is 6.42 Å². The molecule has 3 nitrogen and oxygen atoms in total. The van der Waals surface area contributed by atoms with Crippen LogP contribution in [0.4, 0.5) is 0 Å². The highest BCUT2D eigenvalue weighted by atomic mass is 15.2. The molecule has 1 aliphatic heterocycles. The standard InChI is InChI=1S/C17H23N3/c1-2-7-15(8-3-1)9-6-14-20-13-5-4-10-16(20)17-18-11-12-19-17/h1-3,7-8,11-12,16H,4-6,9-10,13-14H2,(H,18,19)/t16-/m0/s1. The maximum Gasteiger partial charge on any atom is 0.123 e. The van der Waals surface area contributed by atoms with Crippen LogP contribution in [0.1, 0.15) is 43.1 Å². The van der Waals surface area contributed by atoms with Crippen molar-refractivity contribution in [1.82, 2.24) is 14.9 Å². The van der Waals surface area contributed by atoms with Gasteiger partial charge in [0.15, 0.2) is 0 Å². The molecule has 0 spiro atoms. The molecule has 0 unspecified atom stereocenters. The van der Waals surface area contributed by atoms with Crippen molar-refractivity contribution in [3.8, 4) is 0 Å². The zero-order chi connectivity index (χ0) is 13.6. The summed E-state index contributed by atoms with van der Waals surface area (Å²) in [6, 6.07) is 11.3. The van der Waals surface area contributed by atoms with Crippen LogP contribution in [0.15, 0.2) is 42.7 Å². The maximum absolute atomic E-state index is 4.46. The van der Waals surface area contributed by atoms with E-state index in [4.69, 9.17) is 0 Å². The Labute approximate surface area is 121 Å². The Hall–Kier alpha value is -1.61. The Morgan fingerprint density at radius 3 is 2.90 bits per heavy atom. The van der Waals surface area contributed by atoms with Crippen LogP contribution in [0.2, 0.25) is 0 Å². The molecule has 1 aromatic heterocycles. The van der Waals surface area contributed by atoms with E-state index >= 15 is 0 Å². The van der Waals surface area contributed by atoms with Crippen LogP contribution in [0.3, 0.4) is 0 Å². The number of hydrogen-bond acceptors (Lipinski definition) is 2. The third-order valence-corrected chi connectivity index (χ3v) is 4.20. The van der Waals surface area contributed by atoms with Gasteiger partial charge in [0.2, 0.25) is 0 Å². The number of piperidine rings is 1. The van der Waals surface area contributed by atoms with E-state index in [0.717, 1.165) is 5.82 Å². The summed E-state index contributed by atoms with van der Waals surface area (Å²) < 4.78 is 0. The third kappa shape index (κ3) is 3.28. The van der Waals surface area contributed by atoms with Gasteiger partial charge < -0.3 is 4.98 Å². The molecule has 1 atom stereocenters. The minimum Gasteiger partial charge on any atom is -0.347 e. The lowest BCUT2D eigenvalue weighted by Gasteiger charge is -2.34. The molecular weight excluding hydrogens is 246 g/mol. The molecule has 1 saturated heterocycles. The van der Waals surface area contributed by atoms with Crippen LogP contribution in [0.5, 0.6) is 0 Å². The summed E-state index contributed by atoms with van der Waals surface area (Å²) in [6.45, 7) is 2.38. The minimum absolute atomic E-state index is 0.495. The summed E-state index contributed by atoms with van der Waals surface area (Å²) in [4.78, 5) is 10.4. The molecule has 3 rings (SSSR count). The van der Waals surface area contributed by atoms with E-state index < -0.39 is 0 Å². The predicted octanol–water partition coefficient (Wildman–Crippen LogP) is 3.57. The zero-order valence-corrected chi connectivity index (χ0v) is 12.0. The SMILES string of the molecule is c1ccc(CCCN2CCCC[C@H]2c2ncc[nH]2)cc1. The number of aromatic amines is 1. The van der Waals surface area contributed by atoms with Gasteiger partial charge >= 0.3 is 0 Å². The molecule has 0 bridgehead atoms. The lowest BCUT2D eigenvalue weighted by Crippen LogP contribution is -2.35. The summed E-state index contributed by atoms with van der Waals surface area (Å²) in [5, 5.41) is 0. The second-order valence-electron chi connectivity index (χ2n) is 5.61. The van der Waals surface area contributed by atoms with Gasteiger partial charge in [-0.25, -0.2) is 4.98 Å². The number of imidazole rings is 1. The Morgan fingerprint density at radius 1 is 1.20 bits per heavy atom. The quantitative estimate of drug-likeness (QED) is 0.900. The second kappa shape index (κ2) is 6.71. The van der Waals surface area contributed by atoms with Gasteiger partial charge in [0.05, 0.1) is 6.04 Å². The summed E-state index contributed by atoms with van der Waals surface area (Å²) in [5.74, 6) is 1.14. The van der Waals surface area contributed by atoms with Gasteiger partial charge in [-0.1, -0.05) is 36.8 Å². The molecule has 2 aromatic rings. The average Bonchev–Trinajstić information content (AvgIpc) is 3.03. The summed E-state index contributed by atoms with van der Waals surface area (Å²) in [7, 11) is 0. The van der Waals surface area contributed by atoms with Crippen LogP contribution in [0.25, 0.3) is 0 Å². The lowest BCUT2D eigenvalue weighted by atomic mass is 10.0. The number of rotatable bonds is 5. The van der Waals surface area contributed by atoms with Gasteiger partial charge in [0.25, 0.3) is 0 Å². The van der Waals surface area contributed by atoms with Gasteiger partial charge in [0, 0.05) is 12.4 Å². The van der Waals surface area contributed by atoms with Gasteiger partial charge in [-0.2, -0.15) is 0 Å². The van der Waals surface area contributed by atoms with Crippen molar-refractivity contribution in [3.05, 3.63) is 54.1 Å². The Balaban J connectivity index is 1.55. The fourth-order valence-electron chi connectivity index (χ4n) is 3.16. The molecule has 1 fully saturated rings. The fourth-order valence-corrected chi connectivity index (χ4v) is 3.16. The number of aryl methyl sites for hydroxylation is 1. The number of likely N-dealkylation sites (tertiary alicyclic amines) is 1. The fraction of sp³-hybridized carbons (Fsp3) is 0.471. The van der Waals surface area contributed by atoms with E-state index in [2.05, 4.69) is 45.2 Å². The van der Waals surface area contributed by atoms with Crippen LogP contribution in [-0.4, -0.2) is 28.0 Å². The molecule has 3 heteroatoms. The molecular formula is C17H23N3. The van der Waals surface area contributed by atoms with Crippen LogP contribution >= 0.6 is 0 Å². The highest BCUT2D eigenvalue weighted by Gasteiger charge is 2.24. The summed E-state index contributed by atoms with van der Waals surface area (Å²) >= 11 is 0. The van der Waals surface area contributed by atoms with Crippen molar-refractivity contribution >= 4 is 0 Å². The third-order valence-electron chi connectivity index (χ3n) is 4.20. The second-order valence-corrected chi connectivity index (χ2v) is 5.61. The highest BCUT2D eigenvalue weighted by molar-refractivity contribution is 5.14. The van der Waals surface area contributed by atoms with E-state index in [9.17, 15) is 0 Å². The van der Waals surface area contributed by atoms with Crippen LogP contribution in [0, 0.1) is 0 Å². The molecule has 1 aromatic carbocycles. The molecule has 106 valence electrons. The van der Waals surface area contributed by atoms with Crippen molar-refractivity contribution < 1.29 is 0 Å². The monoisotopic (exact) mass is 269 g/mol. The molecule has 20 heavy (non-hydrogen) atoms. The molecule has 0 radical (unpaired) electrons. The molecule has 1 N–H and O–H groups in total. The Morgan fingerprint density at radius 2 is 2.10 bits per heavy atom.